The van der Waals surface area contributed by atoms with Crippen molar-refractivity contribution in [2.24, 2.45) is 11.8 Å². The van der Waals surface area contributed by atoms with E-state index in [0.29, 0.717) is 30.4 Å². The van der Waals surface area contributed by atoms with Gasteiger partial charge in [-0.15, -0.1) is 17.5 Å². The van der Waals surface area contributed by atoms with E-state index < -0.39 is 0 Å². The summed E-state index contributed by atoms with van der Waals surface area (Å²) < 4.78 is 2.96. The lowest BCUT2D eigenvalue weighted by Gasteiger charge is -2.28. The number of carbonyl (C=O) groups excluding carboxylic acids is 1. The van der Waals surface area contributed by atoms with Crippen LogP contribution in [0.15, 0.2) is 53.5 Å². The summed E-state index contributed by atoms with van der Waals surface area (Å²) in [7, 11) is 0. The zero-order chi connectivity index (χ0) is 20.2. The van der Waals surface area contributed by atoms with Crippen molar-refractivity contribution in [2.45, 2.75) is 32.7 Å². The highest BCUT2D eigenvalue weighted by atomic mass is 35.5. The van der Waals surface area contributed by atoms with E-state index in [9.17, 15) is 9.59 Å². The van der Waals surface area contributed by atoms with E-state index in [1.807, 2.05) is 30.3 Å². The number of piperidine rings is 1. The van der Waals surface area contributed by atoms with Crippen molar-refractivity contribution in [3.05, 3.63) is 64.7 Å². The van der Waals surface area contributed by atoms with Crippen molar-refractivity contribution < 1.29 is 4.79 Å². The molecule has 1 amide bonds. The highest BCUT2D eigenvalue weighted by Gasteiger charge is 2.22. The van der Waals surface area contributed by atoms with E-state index in [1.165, 1.54) is 21.9 Å². The standard InChI is InChI=1S/C22H27N5O2.ClH/c1-16(18-7-5-10-23-14-18)12-21(28)24-19-8-4-6-17(13-19)15-27-22(29)26-11-3-2-9-20(26)25-27;/h2-4,6,8-9,11,13,16,18,23H,5,7,10,12,14-15H2,1H3,(H,24,28);1H. The van der Waals surface area contributed by atoms with Crippen molar-refractivity contribution in [3.8, 4) is 0 Å². The molecule has 0 spiro atoms. The third-order valence-corrected chi connectivity index (χ3v) is 5.68. The molecule has 8 heteroatoms. The number of anilines is 1. The van der Waals surface area contributed by atoms with Crippen LogP contribution in [-0.2, 0) is 11.3 Å². The minimum atomic E-state index is -0.176. The van der Waals surface area contributed by atoms with Gasteiger partial charge in [-0.2, -0.15) is 0 Å². The fourth-order valence-electron chi connectivity index (χ4n) is 4.03. The Bertz CT molecular complexity index is 1050. The maximum atomic E-state index is 12.5. The second-order valence-electron chi connectivity index (χ2n) is 7.91. The molecule has 7 nitrogen and oxygen atoms in total. The first-order valence-corrected chi connectivity index (χ1v) is 10.2. The molecule has 2 N–H and O–H groups in total. The van der Waals surface area contributed by atoms with E-state index in [0.717, 1.165) is 24.3 Å². The molecule has 0 saturated carbocycles. The Hall–Kier alpha value is -2.64. The zero-order valence-electron chi connectivity index (χ0n) is 17.1. The number of carbonyl (C=O) groups is 1. The van der Waals surface area contributed by atoms with E-state index in [2.05, 4.69) is 22.7 Å². The lowest BCUT2D eigenvalue weighted by Crippen LogP contribution is -2.34. The van der Waals surface area contributed by atoms with Crippen LogP contribution < -0.4 is 16.3 Å². The van der Waals surface area contributed by atoms with Crippen molar-refractivity contribution in [2.75, 3.05) is 18.4 Å². The zero-order valence-corrected chi connectivity index (χ0v) is 17.9. The molecular formula is C22H28ClN5O2. The molecule has 1 aliphatic heterocycles. The Morgan fingerprint density at radius 2 is 2.17 bits per heavy atom. The van der Waals surface area contributed by atoms with Crippen molar-refractivity contribution in [3.63, 3.8) is 0 Å². The van der Waals surface area contributed by atoms with Gasteiger partial charge in [0.2, 0.25) is 5.91 Å². The smallest absolute Gasteiger partial charge is 0.326 e. The number of fused-ring (bicyclic) bond motifs is 1. The Kier molecular flexibility index (Phi) is 7.29. The van der Waals surface area contributed by atoms with Gasteiger partial charge in [0.1, 0.15) is 0 Å². The van der Waals surface area contributed by atoms with Crippen molar-refractivity contribution in [1.29, 1.82) is 0 Å². The molecule has 160 valence electrons. The number of pyridine rings is 1. The second-order valence-corrected chi connectivity index (χ2v) is 7.91. The molecule has 30 heavy (non-hydrogen) atoms. The highest BCUT2D eigenvalue weighted by Crippen LogP contribution is 2.23. The first-order valence-electron chi connectivity index (χ1n) is 10.2. The van der Waals surface area contributed by atoms with Gasteiger partial charge in [-0.05, 0) is 67.6 Å². The lowest BCUT2D eigenvalue weighted by molar-refractivity contribution is -0.117. The van der Waals surface area contributed by atoms with E-state index in [1.54, 1.807) is 18.3 Å². The van der Waals surface area contributed by atoms with Crippen LogP contribution in [0, 0.1) is 11.8 Å². The Balaban J connectivity index is 0.00000256. The first-order chi connectivity index (χ1) is 14.1. The summed E-state index contributed by atoms with van der Waals surface area (Å²) in [4.78, 5) is 25.0. The molecule has 2 atom stereocenters. The SMILES string of the molecule is CC(CC(=O)Nc1cccc(Cn2nc3ccccn3c2=O)c1)C1CCCNC1.Cl. The van der Waals surface area contributed by atoms with Gasteiger partial charge in [0, 0.05) is 18.3 Å². The predicted octanol–water partition coefficient (Wildman–Crippen LogP) is 2.93. The molecule has 3 aromatic rings. The van der Waals surface area contributed by atoms with Gasteiger partial charge in [0.15, 0.2) is 5.65 Å². The molecule has 0 bridgehead atoms. The lowest BCUT2D eigenvalue weighted by atomic mass is 9.85. The largest absolute Gasteiger partial charge is 0.350 e. The molecule has 2 aromatic heterocycles. The summed E-state index contributed by atoms with van der Waals surface area (Å²) in [5, 5.41) is 10.8. The average Bonchev–Trinajstić information content (AvgIpc) is 3.04. The molecule has 1 saturated heterocycles. The van der Waals surface area contributed by atoms with Gasteiger partial charge in [-0.3, -0.25) is 9.20 Å². The van der Waals surface area contributed by atoms with Crippen molar-refractivity contribution >= 4 is 29.6 Å². The Morgan fingerprint density at radius 1 is 1.30 bits per heavy atom. The molecular weight excluding hydrogens is 402 g/mol. The van der Waals surface area contributed by atoms with E-state index >= 15 is 0 Å². The molecule has 0 aliphatic carbocycles. The minimum Gasteiger partial charge on any atom is -0.326 e. The number of nitrogens with zero attached hydrogens (tertiary/aromatic N) is 3. The number of benzene rings is 1. The monoisotopic (exact) mass is 429 g/mol. The number of aromatic nitrogens is 3. The molecule has 4 rings (SSSR count). The molecule has 1 aromatic carbocycles. The summed E-state index contributed by atoms with van der Waals surface area (Å²) in [6.45, 7) is 4.59. The van der Waals surface area contributed by atoms with Crippen LogP contribution in [-0.4, -0.2) is 33.2 Å². The number of halogens is 1. The second kappa shape index (κ2) is 9.91. The third-order valence-electron chi connectivity index (χ3n) is 5.68. The summed E-state index contributed by atoms with van der Waals surface area (Å²) >= 11 is 0. The van der Waals surface area contributed by atoms with Gasteiger partial charge < -0.3 is 10.6 Å². The Labute approximate surface area is 181 Å². The molecule has 3 heterocycles. The first kappa shape index (κ1) is 22.1. The number of hydrogen-bond donors (Lipinski definition) is 2. The summed E-state index contributed by atoms with van der Waals surface area (Å²) in [5.41, 5.74) is 2.11. The van der Waals surface area contributed by atoms with E-state index in [-0.39, 0.29) is 24.0 Å². The van der Waals surface area contributed by atoms with Crippen LogP contribution in [0.3, 0.4) is 0 Å². The van der Waals surface area contributed by atoms with Crippen LogP contribution in [0.25, 0.3) is 5.65 Å². The number of nitrogens with one attached hydrogen (secondary N) is 2. The van der Waals surface area contributed by atoms with Crippen LogP contribution >= 0.6 is 12.4 Å². The molecule has 1 fully saturated rings. The van der Waals surface area contributed by atoms with Crippen LogP contribution in [0.5, 0.6) is 0 Å². The van der Waals surface area contributed by atoms with Gasteiger partial charge in [0.25, 0.3) is 0 Å². The van der Waals surface area contributed by atoms with Gasteiger partial charge in [-0.25, -0.2) is 9.48 Å². The highest BCUT2D eigenvalue weighted by molar-refractivity contribution is 5.90. The summed E-state index contributed by atoms with van der Waals surface area (Å²) in [6, 6.07) is 13.1. The summed E-state index contributed by atoms with van der Waals surface area (Å²) in [5.74, 6) is 0.940. The summed E-state index contributed by atoms with van der Waals surface area (Å²) in [6.07, 6.45) is 4.59. The maximum absolute atomic E-state index is 12.5. The minimum absolute atomic E-state index is 0. The predicted molar refractivity (Wildman–Crippen MR) is 120 cm³/mol. The quantitative estimate of drug-likeness (QED) is 0.631. The van der Waals surface area contributed by atoms with Crippen LogP contribution in [0.1, 0.15) is 31.7 Å². The van der Waals surface area contributed by atoms with E-state index in [4.69, 9.17) is 0 Å². The Morgan fingerprint density at radius 3 is 2.93 bits per heavy atom. The number of hydrogen-bond acceptors (Lipinski definition) is 4. The van der Waals surface area contributed by atoms with Gasteiger partial charge >= 0.3 is 5.69 Å². The maximum Gasteiger partial charge on any atom is 0.350 e. The number of rotatable bonds is 6. The van der Waals surface area contributed by atoms with Gasteiger partial charge in [-0.1, -0.05) is 25.1 Å². The topological polar surface area (TPSA) is 80.4 Å². The normalized spacial score (nSPS) is 17.3. The van der Waals surface area contributed by atoms with Crippen molar-refractivity contribution in [1.82, 2.24) is 19.5 Å². The fourth-order valence-corrected chi connectivity index (χ4v) is 4.03. The third kappa shape index (κ3) is 5.09. The van der Waals surface area contributed by atoms with Crippen LogP contribution in [0.4, 0.5) is 5.69 Å². The fraction of sp³-hybridized carbons (Fsp3) is 0.409. The molecule has 1 aliphatic rings. The van der Waals surface area contributed by atoms with Gasteiger partial charge in [0.05, 0.1) is 6.54 Å². The van der Waals surface area contributed by atoms with Crippen LogP contribution in [0.2, 0.25) is 0 Å². The average molecular weight is 430 g/mol. The molecule has 2 unspecified atom stereocenters. The molecule has 0 radical (unpaired) electrons. The number of amides is 1.